The Morgan fingerprint density at radius 3 is 0.794 bits per heavy atom. The van der Waals surface area contributed by atoms with E-state index in [4.69, 9.17) is 0 Å². The fourth-order valence-corrected chi connectivity index (χ4v) is 1.61. The Kier molecular flexibility index (Phi) is 67.6. The molecule has 0 rings (SSSR count). The SMILES string of the molecule is C[C@@H](C[O-])N(CC(=O)[O-])CC(=O)[O-].C[C@H](C[O-])N(CC(=O)[O-])CC(=O)[O-].O.O.O.O.[Fe+4].[Fe+4].[OH3+].[OH3+]. The molecule has 0 saturated heterocycles. The molecule has 0 amide bonds. The quantitative estimate of drug-likeness (QED) is 0.149. The maximum atomic E-state index is 10.4. The van der Waals surface area contributed by atoms with Crippen LogP contribution in [0, 0.1) is 0 Å². The van der Waals surface area contributed by atoms with Crippen LogP contribution in [0.25, 0.3) is 0 Å². The molecule has 0 aliphatic rings. The molecule has 34 heavy (non-hydrogen) atoms. The van der Waals surface area contributed by atoms with Crippen molar-refractivity contribution >= 4 is 23.9 Å². The molecule has 208 valence electrons. The van der Waals surface area contributed by atoms with E-state index in [-0.39, 0.29) is 67.0 Å². The van der Waals surface area contributed by atoms with Gasteiger partial charge in [0.1, 0.15) is 0 Å². The number of carboxylic acid groups (broad SMARTS) is 4. The molecule has 0 saturated carbocycles. The summed E-state index contributed by atoms with van der Waals surface area (Å²) in [6, 6.07) is -1.31. The Morgan fingerprint density at radius 2 is 0.706 bits per heavy atom. The van der Waals surface area contributed by atoms with E-state index >= 15 is 0 Å². The van der Waals surface area contributed by atoms with Gasteiger partial charge in [-0.3, -0.25) is 9.80 Å². The molecule has 20 heteroatoms. The van der Waals surface area contributed by atoms with Gasteiger partial charge in [0.2, 0.25) is 0 Å². The Balaban J connectivity index is -0.0000000343. The van der Waals surface area contributed by atoms with Gasteiger partial charge in [0.15, 0.2) is 0 Å². The zero-order chi connectivity index (χ0) is 20.9. The van der Waals surface area contributed by atoms with Gasteiger partial charge in [-0.05, 0) is 12.1 Å². The van der Waals surface area contributed by atoms with Gasteiger partial charge in [-0.15, -0.1) is 13.2 Å². The average molecular weight is 598 g/mol. The van der Waals surface area contributed by atoms with Gasteiger partial charge in [-0.2, -0.15) is 0 Å². The predicted octanol–water partition coefficient (Wildman–Crippen LogP) is -14.1. The van der Waals surface area contributed by atoms with Crippen molar-refractivity contribution in [3.05, 3.63) is 0 Å². The van der Waals surface area contributed by atoms with Gasteiger partial charge in [0.05, 0.1) is 23.9 Å². The van der Waals surface area contributed by atoms with Crippen LogP contribution in [0.15, 0.2) is 0 Å². The fourth-order valence-electron chi connectivity index (χ4n) is 1.61. The van der Waals surface area contributed by atoms with Crippen LogP contribution in [-0.2, 0) is 64.3 Å². The molecule has 0 aromatic rings. The molecule has 0 unspecified atom stereocenters. The van der Waals surface area contributed by atoms with Crippen LogP contribution in [0.4, 0.5) is 0 Å². The molecular weight excluding hydrogens is 564 g/mol. The van der Waals surface area contributed by atoms with Crippen molar-refractivity contribution in [3.8, 4) is 0 Å². The molecule has 0 aliphatic heterocycles. The molecule has 14 N–H and O–H groups in total. The van der Waals surface area contributed by atoms with Crippen LogP contribution >= 0.6 is 0 Å². The summed E-state index contributed by atoms with van der Waals surface area (Å²) in [6.45, 7) is -0.539. The Hall–Kier alpha value is -1.48. The van der Waals surface area contributed by atoms with E-state index in [1.165, 1.54) is 13.8 Å². The van der Waals surface area contributed by atoms with Gasteiger partial charge >= 0.3 is 34.1 Å². The Bertz CT molecular complexity index is 415. The van der Waals surface area contributed by atoms with Crippen LogP contribution in [0.5, 0.6) is 0 Å². The van der Waals surface area contributed by atoms with Crippen molar-refractivity contribution in [2.45, 2.75) is 25.9 Å². The topological polar surface area (TPSA) is 405 Å². The largest absolute Gasteiger partial charge is 4.00 e. The van der Waals surface area contributed by atoms with Crippen LogP contribution in [0.1, 0.15) is 13.8 Å². The molecule has 0 fully saturated rings. The van der Waals surface area contributed by atoms with E-state index in [0.29, 0.717) is 0 Å². The third-order valence-corrected chi connectivity index (χ3v) is 3.06. The molecule has 2 atom stereocenters. The number of carboxylic acids is 4. The van der Waals surface area contributed by atoms with E-state index in [2.05, 4.69) is 0 Å². The number of hydrogen-bond donors (Lipinski definition) is 0. The van der Waals surface area contributed by atoms with Crippen molar-refractivity contribution in [1.29, 1.82) is 0 Å². The summed E-state index contributed by atoms with van der Waals surface area (Å²) in [4.78, 5) is 42.5. The zero-order valence-corrected chi connectivity index (χ0v) is 20.4. The Morgan fingerprint density at radius 1 is 0.559 bits per heavy atom. The van der Waals surface area contributed by atoms with Crippen LogP contribution in [0.3, 0.4) is 0 Å². The van der Waals surface area contributed by atoms with Gasteiger partial charge in [0, 0.05) is 26.2 Å². The number of carbonyl (C=O) groups is 4. The smallest absolute Gasteiger partial charge is 0.853 e. The summed E-state index contributed by atoms with van der Waals surface area (Å²) in [7, 11) is 0. The monoisotopic (exact) mass is 598 g/mol. The minimum atomic E-state index is -1.42. The molecule has 0 aromatic heterocycles. The molecule has 0 bridgehead atoms. The van der Waals surface area contributed by atoms with Gasteiger partial charge in [-0.25, -0.2) is 0 Å². The molecule has 0 heterocycles. The molecule has 0 aromatic carbocycles. The molecule has 0 aliphatic carbocycles. The molecule has 0 spiro atoms. The van der Waals surface area contributed by atoms with Crippen molar-refractivity contribution in [1.82, 2.24) is 9.80 Å². The van der Waals surface area contributed by atoms with E-state index in [0.717, 1.165) is 9.80 Å². The second-order valence-corrected chi connectivity index (χ2v) is 5.33. The summed E-state index contributed by atoms with van der Waals surface area (Å²) < 4.78 is 0. The third-order valence-electron chi connectivity index (χ3n) is 3.06. The van der Waals surface area contributed by atoms with Gasteiger partial charge in [0.25, 0.3) is 0 Å². The van der Waals surface area contributed by atoms with E-state index < -0.39 is 75.4 Å². The first-order valence-electron chi connectivity index (χ1n) is 7.38. The average Bonchev–Trinajstić information content (AvgIpc) is 2.50. The second-order valence-electron chi connectivity index (χ2n) is 5.33. The van der Waals surface area contributed by atoms with Crippen molar-refractivity contribution in [2.24, 2.45) is 0 Å². The van der Waals surface area contributed by atoms with Crippen LogP contribution < -0.4 is 30.6 Å². The maximum Gasteiger partial charge on any atom is 4.00 e. The van der Waals surface area contributed by atoms with E-state index in [1.807, 2.05) is 0 Å². The number of aliphatic carboxylic acids is 4. The number of nitrogens with zero attached hydrogens (tertiary/aromatic N) is 2. The van der Waals surface area contributed by atoms with Gasteiger partial charge in [-0.1, -0.05) is 13.8 Å². The van der Waals surface area contributed by atoms with E-state index in [1.54, 1.807) is 0 Å². The first-order valence-corrected chi connectivity index (χ1v) is 7.38. The predicted molar refractivity (Wildman–Crippen MR) is 96.0 cm³/mol. The van der Waals surface area contributed by atoms with Crippen LogP contribution in [-0.4, -0.2) is 107 Å². The first kappa shape index (κ1) is 63.7. The molecular formula is C14H34Fe2N2O16+4. The first-order chi connectivity index (χ1) is 11.9. The summed E-state index contributed by atoms with van der Waals surface area (Å²) in [5, 5.41) is 61.3. The van der Waals surface area contributed by atoms with Crippen molar-refractivity contribution in [2.75, 3.05) is 39.4 Å². The number of rotatable bonds is 12. The van der Waals surface area contributed by atoms with E-state index in [9.17, 15) is 49.8 Å². The minimum Gasteiger partial charge on any atom is -0.853 e. The number of carbonyl (C=O) groups excluding carboxylic acids is 4. The van der Waals surface area contributed by atoms with Crippen LogP contribution in [0.2, 0.25) is 0 Å². The van der Waals surface area contributed by atoms with Crippen molar-refractivity contribution in [3.63, 3.8) is 0 Å². The number of hydrogen-bond acceptors (Lipinski definition) is 12. The minimum absolute atomic E-state index is 0. The third kappa shape index (κ3) is 37.8. The molecule has 18 nitrogen and oxygen atoms in total. The summed E-state index contributed by atoms with van der Waals surface area (Å²) in [6.07, 6.45) is 0. The molecule has 0 radical (unpaired) electrons. The summed E-state index contributed by atoms with van der Waals surface area (Å²) in [5.74, 6) is -5.66. The normalized spacial score (nSPS) is 9.82. The fraction of sp³-hybridized carbons (Fsp3) is 0.714. The van der Waals surface area contributed by atoms with Crippen molar-refractivity contribution < 1.29 is 117 Å². The maximum absolute atomic E-state index is 10.4. The summed E-state index contributed by atoms with van der Waals surface area (Å²) in [5.41, 5.74) is 0. The second kappa shape index (κ2) is 36.1. The van der Waals surface area contributed by atoms with Gasteiger partial charge < -0.3 is 82.7 Å². The summed E-state index contributed by atoms with van der Waals surface area (Å²) >= 11 is 0. The zero-order valence-electron chi connectivity index (χ0n) is 18.2. The standard InChI is InChI=1S/2C7H12NO5.2Fe.6H2O/c2*1-5(4-9)8(2-6(10)11)3-7(12)13;;;;;;;;/h2*5H,2-4H2,1H3,(H,10,11)(H,12,13);;;6*1H2/q2*-1;2*+4;;;;;;/p-2/t2*5-;;;;;;;;/m10......../s1. The Labute approximate surface area is 215 Å².